The molecule has 2 aliphatic rings. The van der Waals surface area contributed by atoms with Gasteiger partial charge in [-0.15, -0.1) is 11.3 Å². The maximum absolute atomic E-state index is 2.75. The lowest BCUT2D eigenvalue weighted by Crippen LogP contribution is -2.55. The zero-order valence-electron chi connectivity index (χ0n) is 12.5. The Hall–Kier alpha value is -0.380. The van der Waals surface area contributed by atoms with Gasteiger partial charge in [0.25, 0.3) is 0 Å². The van der Waals surface area contributed by atoms with Gasteiger partial charge in [-0.1, -0.05) is 6.92 Å². The van der Waals surface area contributed by atoms with Crippen LogP contribution in [0.15, 0.2) is 6.07 Å². The number of hydrogen-bond acceptors (Lipinski definition) is 3. The lowest BCUT2D eigenvalue weighted by Gasteiger charge is -2.43. The van der Waals surface area contributed by atoms with Gasteiger partial charge in [0, 0.05) is 41.5 Å². The number of aryl methyl sites for hydroxylation is 2. The van der Waals surface area contributed by atoms with Gasteiger partial charge in [-0.05, 0) is 51.3 Å². The molecular weight excluding hydrogens is 252 g/mol. The average Bonchev–Trinajstić information content (AvgIpc) is 2.95. The molecule has 19 heavy (non-hydrogen) atoms. The molecule has 1 aromatic rings. The predicted molar refractivity (Wildman–Crippen MR) is 82.9 cm³/mol. The fourth-order valence-electron chi connectivity index (χ4n) is 3.66. The van der Waals surface area contributed by atoms with Gasteiger partial charge in [-0.3, -0.25) is 9.80 Å². The fraction of sp³-hybridized carbons (Fsp3) is 0.750. The first kappa shape index (κ1) is 13.6. The summed E-state index contributed by atoms with van der Waals surface area (Å²) in [6.07, 6.45) is 4.11. The minimum Gasteiger partial charge on any atom is -0.298 e. The van der Waals surface area contributed by atoms with Crippen LogP contribution < -0.4 is 0 Å². The molecule has 3 heterocycles. The minimum absolute atomic E-state index is 0.761. The van der Waals surface area contributed by atoms with Crippen LogP contribution in [0.1, 0.15) is 41.5 Å². The van der Waals surface area contributed by atoms with E-state index in [0.29, 0.717) is 0 Å². The van der Waals surface area contributed by atoms with Crippen molar-refractivity contribution in [2.45, 2.75) is 58.7 Å². The van der Waals surface area contributed by atoms with Gasteiger partial charge in [0.2, 0.25) is 0 Å². The molecule has 0 aromatic carbocycles. The zero-order chi connectivity index (χ0) is 13.4. The second kappa shape index (κ2) is 5.55. The minimum atomic E-state index is 0.761. The number of hydrogen-bond donors (Lipinski definition) is 0. The molecule has 2 atom stereocenters. The maximum atomic E-state index is 2.75. The summed E-state index contributed by atoms with van der Waals surface area (Å²) in [6, 6.07) is 4.00. The van der Waals surface area contributed by atoms with E-state index in [-0.39, 0.29) is 0 Å². The smallest absolute Gasteiger partial charge is 0.0332 e. The Morgan fingerprint density at radius 1 is 1.32 bits per heavy atom. The Labute approximate surface area is 121 Å². The van der Waals surface area contributed by atoms with Crippen LogP contribution in [0.3, 0.4) is 0 Å². The van der Waals surface area contributed by atoms with Crippen molar-refractivity contribution >= 4 is 11.3 Å². The average molecular weight is 278 g/mol. The number of piperazine rings is 1. The van der Waals surface area contributed by atoms with Gasteiger partial charge in [-0.25, -0.2) is 0 Å². The molecule has 2 saturated heterocycles. The van der Waals surface area contributed by atoms with E-state index < -0.39 is 0 Å². The molecule has 0 bridgehead atoms. The van der Waals surface area contributed by atoms with Crippen molar-refractivity contribution in [2.24, 2.45) is 0 Å². The molecule has 2 aliphatic heterocycles. The first-order valence-electron chi connectivity index (χ1n) is 7.71. The third-order valence-electron chi connectivity index (χ3n) is 4.95. The summed E-state index contributed by atoms with van der Waals surface area (Å²) in [7, 11) is 0. The highest BCUT2D eigenvalue weighted by atomic mass is 32.1. The molecule has 0 amide bonds. The van der Waals surface area contributed by atoms with E-state index in [0.717, 1.165) is 12.1 Å². The number of thiophene rings is 1. The first-order valence-corrected chi connectivity index (χ1v) is 8.53. The van der Waals surface area contributed by atoms with Crippen LogP contribution in [0.4, 0.5) is 0 Å². The molecular formula is C16H26N2S. The first-order chi connectivity index (χ1) is 9.17. The van der Waals surface area contributed by atoms with Crippen molar-refractivity contribution in [3.63, 3.8) is 0 Å². The van der Waals surface area contributed by atoms with E-state index in [2.05, 4.69) is 36.6 Å². The molecule has 2 nitrogen and oxygen atoms in total. The Kier molecular flexibility index (Phi) is 3.97. The molecule has 2 fully saturated rings. The van der Waals surface area contributed by atoms with Crippen molar-refractivity contribution < 1.29 is 0 Å². The third kappa shape index (κ3) is 2.74. The van der Waals surface area contributed by atoms with Crippen LogP contribution in [-0.2, 0) is 6.54 Å². The summed E-state index contributed by atoms with van der Waals surface area (Å²) < 4.78 is 0. The van der Waals surface area contributed by atoms with Crippen molar-refractivity contribution in [3.05, 3.63) is 21.4 Å². The van der Waals surface area contributed by atoms with E-state index in [1.165, 1.54) is 55.9 Å². The summed E-state index contributed by atoms with van der Waals surface area (Å²) in [5, 5.41) is 0. The molecule has 3 heteroatoms. The topological polar surface area (TPSA) is 6.48 Å². The molecule has 0 radical (unpaired) electrons. The van der Waals surface area contributed by atoms with Gasteiger partial charge >= 0.3 is 0 Å². The number of nitrogens with zero attached hydrogens (tertiary/aromatic N) is 2. The third-order valence-corrected chi connectivity index (χ3v) is 6.09. The SMILES string of the molecule is CCC1CN2CCCC2CN1Cc1cc(C)c(C)s1. The van der Waals surface area contributed by atoms with Crippen LogP contribution in [0.5, 0.6) is 0 Å². The fourth-order valence-corrected chi connectivity index (χ4v) is 4.74. The van der Waals surface area contributed by atoms with E-state index in [1.54, 1.807) is 4.88 Å². The molecule has 0 spiro atoms. The van der Waals surface area contributed by atoms with E-state index in [9.17, 15) is 0 Å². The molecule has 3 rings (SSSR count). The van der Waals surface area contributed by atoms with Crippen LogP contribution >= 0.6 is 11.3 Å². The maximum Gasteiger partial charge on any atom is 0.0332 e. The van der Waals surface area contributed by atoms with E-state index in [4.69, 9.17) is 0 Å². The highest BCUT2D eigenvalue weighted by Crippen LogP contribution is 2.29. The summed E-state index contributed by atoms with van der Waals surface area (Å²) in [5.41, 5.74) is 1.47. The largest absolute Gasteiger partial charge is 0.298 e. The van der Waals surface area contributed by atoms with Crippen LogP contribution in [0, 0.1) is 13.8 Å². The predicted octanol–water partition coefficient (Wildman–Crippen LogP) is 3.42. The van der Waals surface area contributed by atoms with Crippen LogP contribution in [0.25, 0.3) is 0 Å². The Bertz CT molecular complexity index is 420. The van der Waals surface area contributed by atoms with Crippen molar-refractivity contribution in [3.8, 4) is 0 Å². The lowest BCUT2D eigenvalue weighted by molar-refractivity contribution is 0.0444. The van der Waals surface area contributed by atoms with Gasteiger partial charge in [0.15, 0.2) is 0 Å². The zero-order valence-corrected chi connectivity index (χ0v) is 13.3. The molecule has 0 aliphatic carbocycles. The normalized spacial score (nSPS) is 28.8. The molecule has 2 unspecified atom stereocenters. The summed E-state index contributed by atoms with van der Waals surface area (Å²) in [6.45, 7) is 11.9. The van der Waals surface area contributed by atoms with Gasteiger partial charge in [-0.2, -0.15) is 0 Å². The summed E-state index contributed by atoms with van der Waals surface area (Å²) in [4.78, 5) is 8.52. The van der Waals surface area contributed by atoms with Gasteiger partial charge in [0.1, 0.15) is 0 Å². The second-order valence-electron chi connectivity index (χ2n) is 6.23. The van der Waals surface area contributed by atoms with Crippen molar-refractivity contribution in [1.29, 1.82) is 0 Å². The van der Waals surface area contributed by atoms with E-state index >= 15 is 0 Å². The molecule has 106 valence electrons. The van der Waals surface area contributed by atoms with Gasteiger partial charge < -0.3 is 0 Å². The summed E-state index contributed by atoms with van der Waals surface area (Å²) >= 11 is 1.99. The molecule has 0 N–H and O–H groups in total. The number of rotatable bonds is 3. The summed E-state index contributed by atoms with van der Waals surface area (Å²) in [5.74, 6) is 0. The highest BCUT2D eigenvalue weighted by Gasteiger charge is 2.35. The van der Waals surface area contributed by atoms with Crippen molar-refractivity contribution in [1.82, 2.24) is 9.80 Å². The second-order valence-corrected chi connectivity index (χ2v) is 7.58. The van der Waals surface area contributed by atoms with Crippen LogP contribution in [0.2, 0.25) is 0 Å². The lowest BCUT2D eigenvalue weighted by atomic mass is 10.0. The standard InChI is InChI=1S/C16H26N2S/c1-4-14-9-17-7-5-6-15(17)10-18(14)11-16-8-12(2)13(3)19-16/h8,14-15H,4-7,9-11H2,1-3H3. The monoisotopic (exact) mass is 278 g/mol. The highest BCUT2D eigenvalue weighted by molar-refractivity contribution is 7.12. The quantitative estimate of drug-likeness (QED) is 0.836. The Morgan fingerprint density at radius 2 is 2.16 bits per heavy atom. The van der Waals surface area contributed by atoms with E-state index in [1.807, 2.05) is 11.3 Å². The van der Waals surface area contributed by atoms with Gasteiger partial charge in [0.05, 0.1) is 0 Å². The Balaban J connectivity index is 1.71. The Morgan fingerprint density at radius 3 is 2.84 bits per heavy atom. The van der Waals surface area contributed by atoms with Crippen LogP contribution in [-0.4, -0.2) is 41.5 Å². The number of fused-ring (bicyclic) bond motifs is 1. The molecule has 1 aromatic heterocycles. The van der Waals surface area contributed by atoms with Crippen molar-refractivity contribution in [2.75, 3.05) is 19.6 Å². The molecule has 0 saturated carbocycles.